The summed E-state index contributed by atoms with van der Waals surface area (Å²) < 4.78 is 46.1. The number of carbonyl (C=O) groups excluding carboxylic acids is 1. The number of nitrogens with zero attached hydrogens (tertiary/aromatic N) is 5. The van der Waals surface area contributed by atoms with Crippen LogP contribution >= 0.6 is 0 Å². The van der Waals surface area contributed by atoms with E-state index in [1.54, 1.807) is 29.1 Å². The second-order valence-electron chi connectivity index (χ2n) is 9.15. The molecule has 198 valence electrons. The lowest BCUT2D eigenvalue weighted by atomic mass is 10.1. The lowest BCUT2D eigenvalue weighted by Gasteiger charge is -2.26. The molecule has 3 heterocycles. The van der Waals surface area contributed by atoms with E-state index in [9.17, 15) is 18.0 Å². The number of halogens is 3. The maximum absolute atomic E-state index is 13.0. The van der Waals surface area contributed by atoms with Crippen molar-refractivity contribution in [1.29, 1.82) is 0 Å². The molecule has 4 aromatic rings. The third-order valence-corrected chi connectivity index (χ3v) is 6.45. The van der Waals surface area contributed by atoms with Crippen LogP contribution in [0, 0.1) is 0 Å². The van der Waals surface area contributed by atoms with Crippen LogP contribution in [0.25, 0.3) is 22.6 Å². The molecule has 0 radical (unpaired) electrons. The molecule has 1 fully saturated rings. The van der Waals surface area contributed by atoms with Gasteiger partial charge in [0.15, 0.2) is 23.1 Å². The van der Waals surface area contributed by atoms with Crippen molar-refractivity contribution in [2.75, 3.05) is 44.7 Å². The molecule has 0 atom stereocenters. The van der Waals surface area contributed by atoms with Gasteiger partial charge >= 0.3 is 6.18 Å². The Morgan fingerprint density at radius 3 is 2.55 bits per heavy atom. The number of anilines is 1. The fourth-order valence-electron chi connectivity index (χ4n) is 4.34. The van der Waals surface area contributed by atoms with Gasteiger partial charge in [-0.05, 0) is 30.7 Å². The van der Waals surface area contributed by atoms with Gasteiger partial charge in [-0.1, -0.05) is 30.3 Å². The lowest BCUT2D eigenvalue weighted by molar-refractivity contribution is -0.137. The van der Waals surface area contributed by atoms with Crippen LogP contribution in [0.15, 0.2) is 54.9 Å². The van der Waals surface area contributed by atoms with Crippen LogP contribution < -0.4 is 5.32 Å². The zero-order valence-corrected chi connectivity index (χ0v) is 20.8. The molecule has 1 saturated heterocycles. The van der Waals surface area contributed by atoms with E-state index in [0.717, 1.165) is 31.8 Å². The SMILES string of the molecule is CC(=O)c1cccc(-c2nc(NCCN3CCOCC3)c3ncn(Cc4ccc(C(F)(F)F)cc4)c3n2)c1. The largest absolute Gasteiger partial charge is 0.416 e. The number of benzene rings is 2. The number of carbonyl (C=O) groups is 1. The molecule has 11 heteroatoms. The molecular formula is C27H27F3N6O2. The average molecular weight is 525 g/mol. The summed E-state index contributed by atoms with van der Waals surface area (Å²) in [5.41, 5.74) is 2.31. The standard InChI is InChI=1S/C27H27F3N6O2/c1-18(37)20-3-2-4-21(15-20)24-33-25(31-9-10-35-11-13-38-14-12-35)23-26(34-24)36(17-32-23)16-19-5-7-22(8-6-19)27(28,29)30/h2-8,15,17H,9-14,16H2,1H3,(H,31,33,34). The Hall–Kier alpha value is -3.83. The van der Waals surface area contributed by atoms with Crippen molar-refractivity contribution in [3.63, 3.8) is 0 Å². The number of morpholine rings is 1. The van der Waals surface area contributed by atoms with Gasteiger partial charge in [0.1, 0.15) is 5.52 Å². The van der Waals surface area contributed by atoms with Crippen molar-refractivity contribution in [1.82, 2.24) is 24.4 Å². The van der Waals surface area contributed by atoms with E-state index >= 15 is 0 Å². The molecule has 0 saturated carbocycles. The van der Waals surface area contributed by atoms with Gasteiger partial charge in [0.2, 0.25) is 0 Å². The summed E-state index contributed by atoms with van der Waals surface area (Å²) in [6.45, 7) is 6.37. The number of ketones is 1. The Morgan fingerprint density at radius 1 is 1.08 bits per heavy atom. The van der Waals surface area contributed by atoms with Gasteiger partial charge < -0.3 is 14.6 Å². The molecule has 2 aromatic heterocycles. The van der Waals surface area contributed by atoms with Crippen molar-refractivity contribution < 1.29 is 22.7 Å². The smallest absolute Gasteiger partial charge is 0.379 e. The normalized spacial score (nSPS) is 14.6. The van der Waals surface area contributed by atoms with Crippen molar-refractivity contribution in [3.05, 3.63) is 71.5 Å². The van der Waals surface area contributed by atoms with Gasteiger partial charge in [-0.2, -0.15) is 13.2 Å². The highest BCUT2D eigenvalue weighted by Gasteiger charge is 2.30. The predicted molar refractivity (Wildman–Crippen MR) is 137 cm³/mol. The molecule has 0 unspecified atom stereocenters. The van der Waals surface area contributed by atoms with Crippen LogP contribution in [0.1, 0.15) is 28.4 Å². The Labute approximate surface area is 217 Å². The topological polar surface area (TPSA) is 85.2 Å². The van der Waals surface area contributed by atoms with E-state index in [4.69, 9.17) is 14.7 Å². The molecule has 5 rings (SSSR count). The van der Waals surface area contributed by atoms with Crippen molar-refractivity contribution in [3.8, 4) is 11.4 Å². The molecule has 0 amide bonds. The van der Waals surface area contributed by atoms with Crippen LogP contribution in [0.2, 0.25) is 0 Å². The fourth-order valence-corrected chi connectivity index (χ4v) is 4.34. The van der Waals surface area contributed by atoms with Gasteiger partial charge in [-0.3, -0.25) is 9.69 Å². The molecule has 0 bridgehead atoms. The second kappa shape index (κ2) is 10.9. The predicted octanol–water partition coefficient (Wildman–Crippen LogP) is 4.51. The van der Waals surface area contributed by atoms with E-state index in [0.29, 0.717) is 59.3 Å². The van der Waals surface area contributed by atoms with E-state index in [2.05, 4.69) is 15.2 Å². The number of aromatic nitrogens is 4. The van der Waals surface area contributed by atoms with Gasteiger partial charge in [0.05, 0.1) is 31.6 Å². The maximum atomic E-state index is 13.0. The van der Waals surface area contributed by atoms with Gasteiger partial charge in [-0.25, -0.2) is 15.0 Å². The van der Waals surface area contributed by atoms with E-state index in [1.165, 1.54) is 19.1 Å². The number of hydrogen-bond donors (Lipinski definition) is 1. The summed E-state index contributed by atoms with van der Waals surface area (Å²) in [7, 11) is 0. The molecule has 8 nitrogen and oxygen atoms in total. The minimum Gasteiger partial charge on any atom is -0.379 e. The first-order valence-electron chi connectivity index (χ1n) is 12.3. The minimum atomic E-state index is -4.39. The van der Waals surface area contributed by atoms with Crippen molar-refractivity contribution >= 4 is 22.8 Å². The number of rotatable bonds is 8. The van der Waals surface area contributed by atoms with Crippen LogP contribution in [-0.2, 0) is 17.5 Å². The number of nitrogens with one attached hydrogen (secondary N) is 1. The third-order valence-electron chi connectivity index (χ3n) is 6.45. The molecule has 1 aliphatic heterocycles. The molecule has 0 spiro atoms. The summed E-state index contributed by atoms with van der Waals surface area (Å²) in [6, 6.07) is 12.1. The highest BCUT2D eigenvalue weighted by Crippen LogP contribution is 2.30. The number of alkyl halides is 3. The summed E-state index contributed by atoms with van der Waals surface area (Å²) in [5.74, 6) is 0.908. The number of imidazole rings is 1. The molecule has 38 heavy (non-hydrogen) atoms. The van der Waals surface area contributed by atoms with Crippen LogP contribution in [0.5, 0.6) is 0 Å². The minimum absolute atomic E-state index is 0.0656. The first kappa shape index (κ1) is 25.8. The molecule has 1 N–H and O–H groups in total. The van der Waals surface area contributed by atoms with Gasteiger partial charge in [-0.15, -0.1) is 0 Å². The molecule has 1 aliphatic rings. The van der Waals surface area contributed by atoms with Crippen molar-refractivity contribution in [2.24, 2.45) is 0 Å². The molecule has 0 aliphatic carbocycles. The van der Waals surface area contributed by atoms with E-state index in [-0.39, 0.29) is 12.3 Å². The maximum Gasteiger partial charge on any atom is 0.416 e. The first-order chi connectivity index (χ1) is 18.3. The zero-order chi connectivity index (χ0) is 26.7. The van der Waals surface area contributed by atoms with Crippen molar-refractivity contribution in [2.45, 2.75) is 19.6 Å². The van der Waals surface area contributed by atoms with Crippen LogP contribution in [0.3, 0.4) is 0 Å². The average Bonchev–Trinajstić information content (AvgIpc) is 3.32. The van der Waals surface area contributed by atoms with Crippen LogP contribution in [0.4, 0.5) is 19.0 Å². The number of hydrogen-bond acceptors (Lipinski definition) is 7. The first-order valence-corrected chi connectivity index (χ1v) is 12.3. The Kier molecular flexibility index (Phi) is 7.39. The molecule has 2 aromatic carbocycles. The Balaban J connectivity index is 1.48. The Morgan fingerprint density at radius 2 is 1.84 bits per heavy atom. The van der Waals surface area contributed by atoms with Gasteiger partial charge in [0, 0.05) is 37.3 Å². The molecular weight excluding hydrogens is 497 g/mol. The Bertz CT molecular complexity index is 1430. The summed E-state index contributed by atoms with van der Waals surface area (Å²) in [6.07, 6.45) is -2.78. The summed E-state index contributed by atoms with van der Waals surface area (Å²) >= 11 is 0. The van der Waals surface area contributed by atoms with E-state index in [1.807, 2.05) is 6.07 Å². The highest BCUT2D eigenvalue weighted by molar-refractivity contribution is 5.95. The van der Waals surface area contributed by atoms with Crippen LogP contribution in [-0.4, -0.2) is 69.6 Å². The third kappa shape index (κ3) is 5.84. The monoisotopic (exact) mass is 524 g/mol. The summed E-state index contributed by atoms with van der Waals surface area (Å²) in [4.78, 5) is 28.3. The fraction of sp³-hybridized carbons (Fsp3) is 0.333. The highest BCUT2D eigenvalue weighted by atomic mass is 19.4. The van der Waals surface area contributed by atoms with Gasteiger partial charge in [0.25, 0.3) is 0 Å². The number of ether oxygens (including phenoxy) is 1. The second-order valence-corrected chi connectivity index (χ2v) is 9.15. The number of Topliss-reactive ketones (excluding diaryl/α,β-unsaturated/α-hetero) is 1. The lowest BCUT2D eigenvalue weighted by Crippen LogP contribution is -2.39. The summed E-state index contributed by atoms with van der Waals surface area (Å²) in [5, 5.41) is 3.38. The van der Waals surface area contributed by atoms with E-state index < -0.39 is 11.7 Å². The quantitative estimate of drug-likeness (QED) is 0.340. The zero-order valence-electron chi connectivity index (χ0n) is 20.8. The number of fused-ring (bicyclic) bond motifs is 1.